The molecule has 1 aromatic rings. The van der Waals surface area contributed by atoms with Gasteiger partial charge in [-0.1, -0.05) is 12.1 Å². The second-order valence-electron chi connectivity index (χ2n) is 2.96. The fraction of sp³-hybridized carbons (Fsp3) is 0.100. The number of nitrogens with two attached hydrogens (primary N) is 1. The van der Waals surface area contributed by atoms with Crippen molar-refractivity contribution < 1.29 is 19.1 Å². The first-order valence-corrected chi connectivity index (χ1v) is 4.59. The van der Waals surface area contributed by atoms with Gasteiger partial charge in [-0.15, -0.1) is 0 Å². The molecule has 0 unspecified atom stereocenters. The SMILES string of the molecule is COC(=O)C(=O)Nc1ccccc1C(=O)NN. The maximum atomic E-state index is 11.4. The zero-order chi connectivity index (χ0) is 12.8. The minimum absolute atomic E-state index is 0.146. The third-order valence-electron chi connectivity index (χ3n) is 1.92. The van der Waals surface area contributed by atoms with E-state index in [1.807, 2.05) is 5.43 Å². The van der Waals surface area contributed by atoms with Gasteiger partial charge in [0.25, 0.3) is 5.91 Å². The highest BCUT2D eigenvalue weighted by Gasteiger charge is 2.17. The van der Waals surface area contributed by atoms with Gasteiger partial charge in [0, 0.05) is 0 Å². The lowest BCUT2D eigenvalue weighted by atomic mass is 10.1. The number of nitrogens with one attached hydrogen (secondary N) is 2. The molecule has 0 spiro atoms. The second-order valence-corrected chi connectivity index (χ2v) is 2.96. The summed E-state index contributed by atoms with van der Waals surface area (Å²) >= 11 is 0. The summed E-state index contributed by atoms with van der Waals surface area (Å²) in [6.45, 7) is 0. The number of hydrogen-bond acceptors (Lipinski definition) is 5. The number of carbonyl (C=O) groups excluding carboxylic acids is 3. The van der Waals surface area contributed by atoms with Crippen LogP contribution in [0.25, 0.3) is 0 Å². The van der Waals surface area contributed by atoms with Crippen molar-refractivity contribution in [3.05, 3.63) is 29.8 Å². The van der Waals surface area contributed by atoms with E-state index >= 15 is 0 Å². The molecule has 0 bridgehead atoms. The smallest absolute Gasteiger partial charge is 0.396 e. The molecule has 7 nitrogen and oxygen atoms in total. The van der Waals surface area contributed by atoms with Crippen molar-refractivity contribution in [1.82, 2.24) is 5.43 Å². The van der Waals surface area contributed by atoms with Crippen molar-refractivity contribution in [1.29, 1.82) is 0 Å². The predicted molar refractivity (Wildman–Crippen MR) is 58.7 cm³/mol. The molecule has 0 fully saturated rings. The van der Waals surface area contributed by atoms with E-state index in [0.29, 0.717) is 0 Å². The third kappa shape index (κ3) is 3.02. The minimum atomic E-state index is -1.05. The van der Waals surface area contributed by atoms with Gasteiger partial charge >= 0.3 is 11.9 Å². The fourth-order valence-corrected chi connectivity index (χ4v) is 1.13. The molecule has 0 aliphatic heterocycles. The molecule has 90 valence electrons. The lowest BCUT2D eigenvalue weighted by Gasteiger charge is -2.08. The van der Waals surface area contributed by atoms with Crippen LogP contribution in [0.15, 0.2) is 24.3 Å². The third-order valence-corrected chi connectivity index (χ3v) is 1.92. The Morgan fingerprint density at radius 1 is 1.24 bits per heavy atom. The van der Waals surface area contributed by atoms with Crippen molar-refractivity contribution in [3.63, 3.8) is 0 Å². The summed E-state index contributed by atoms with van der Waals surface area (Å²) in [6.07, 6.45) is 0. The van der Waals surface area contributed by atoms with Gasteiger partial charge in [-0.3, -0.25) is 15.0 Å². The molecule has 0 saturated heterocycles. The lowest BCUT2D eigenvalue weighted by Crippen LogP contribution is -2.31. The highest BCUT2D eigenvalue weighted by molar-refractivity contribution is 6.37. The average molecular weight is 237 g/mol. The Labute approximate surface area is 96.9 Å². The molecule has 0 atom stereocenters. The largest absolute Gasteiger partial charge is 0.462 e. The molecular formula is C10H11N3O4. The van der Waals surface area contributed by atoms with Crippen LogP contribution < -0.4 is 16.6 Å². The molecule has 0 aliphatic carbocycles. The number of carbonyl (C=O) groups is 3. The number of amides is 2. The number of para-hydroxylation sites is 1. The quantitative estimate of drug-likeness (QED) is 0.209. The molecule has 1 aromatic carbocycles. The fourth-order valence-electron chi connectivity index (χ4n) is 1.13. The van der Waals surface area contributed by atoms with Gasteiger partial charge in [0.05, 0.1) is 18.4 Å². The number of hydrazine groups is 1. The lowest BCUT2D eigenvalue weighted by molar-refractivity contribution is -0.150. The van der Waals surface area contributed by atoms with E-state index in [4.69, 9.17) is 5.84 Å². The summed E-state index contributed by atoms with van der Waals surface area (Å²) in [5.41, 5.74) is 2.25. The summed E-state index contributed by atoms with van der Waals surface area (Å²) in [6, 6.07) is 6.11. The second kappa shape index (κ2) is 5.61. The van der Waals surface area contributed by atoms with E-state index in [-0.39, 0.29) is 11.3 Å². The topological polar surface area (TPSA) is 111 Å². The van der Waals surface area contributed by atoms with E-state index in [2.05, 4.69) is 10.1 Å². The van der Waals surface area contributed by atoms with Gasteiger partial charge in [-0.2, -0.15) is 0 Å². The highest BCUT2D eigenvalue weighted by atomic mass is 16.5. The molecule has 1 rings (SSSR count). The Morgan fingerprint density at radius 3 is 2.47 bits per heavy atom. The van der Waals surface area contributed by atoms with Crippen LogP contribution in [0.4, 0.5) is 5.69 Å². The number of rotatable bonds is 2. The van der Waals surface area contributed by atoms with Crippen molar-refractivity contribution in [3.8, 4) is 0 Å². The van der Waals surface area contributed by atoms with Gasteiger partial charge in [-0.05, 0) is 12.1 Å². The van der Waals surface area contributed by atoms with Crippen LogP contribution >= 0.6 is 0 Å². The normalized spacial score (nSPS) is 9.29. The summed E-state index contributed by atoms with van der Waals surface area (Å²) < 4.78 is 4.23. The molecule has 0 saturated carbocycles. The zero-order valence-electron chi connectivity index (χ0n) is 9.02. The van der Waals surface area contributed by atoms with Gasteiger partial charge < -0.3 is 10.1 Å². The predicted octanol–water partition coefficient (Wildman–Crippen LogP) is -0.598. The van der Waals surface area contributed by atoms with Crippen LogP contribution in [0.5, 0.6) is 0 Å². The number of anilines is 1. The number of hydrogen-bond donors (Lipinski definition) is 3. The first-order valence-electron chi connectivity index (χ1n) is 4.59. The van der Waals surface area contributed by atoms with Crippen LogP contribution in [0.2, 0.25) is 0 Å². The summed E-state index contributed by atoms with van der Waals surface area (Å²) in [7, 11) is 1.08. The molecule has 17 heavy (non-hydrogen) atoms. The van der Waals surface area contributed by atoms with Crippen molar-refractivity contribution in [2.24, 2.45) is 5.84 Å². The van der Waals surface area contributed by atoms with Crippen LogP contribution in [0.1, 0.15) is 10.4 Å². The van der Waals surface area contributed by atoms with E-state index in [1.54, 1.807) is 12.1 Å². The first-order chi connectivity index (χ1) is 8.10. The Bertz CT molecular complexity index is 459. The maximum Gasteiger partial charge on any atom is 0.396 e. The average Bonchev–Trinajstić information content (AvgIpc) is 2.37. The van der Waals surface area contributed by atoms with E-state index in [1.165, 1.54) is 12.1 Å². The van der Waals surface area contributed by atoms with Crippen molar-refractivity contribution in [2.75, 3.05) is 12.4 Å². The Morgan fingerprint density at radius 2 is 1.88 bits per heavy atom. The summed E-state index contributed by atoms with van der Waals surface area (Å²) in [5.74, 6) is 2.39. The number of nitrogen functional groups attached to an aromatic ring is 1. The molecule has 7 heteroatoms. The Kier molecular flexibility index (Phi) is 4.18. The van der Waals surface area contributed by atoms with Crippen LogP contribution in [-0.4, -0.2) is 24.9 Å². The van der Waals surface area contributed by atoms with Gasteiger partial charge in [-0.25, -0.2) is 10.6 Å². The van der Waals surface area contributed by atoms with E-state index in [9.17, 15) is 14.4 Å². The monoisotopic (exact) mass is 237 g/mol. The van der Waals surface area contributed by atoms with Crippen molar-refractivity contribution in [2.45, 2.75) is 0 Å². The van der Waals surface area contributed by atoms with Crippen LogP contribution in [0, 0.1) is 0 Å². The molecule has 0 aromatic heterocycles. The summed E-state index contributed by atoms with van der Waals surface area (Å²) in [4.78, 5) is 33.5. The molecule has 0 heterocycles. The Hall–Kier alpha value is -2.41. The van der Waals surface area contributed by atoms with Gasteiger partial charge in [0.2, 0.25) is 0 Å². The van der Waals surface area contributed by atoms with Crippen LogP contribution in [0.3, 0.4) is 0 Å². The number of methoxy groups -OCH3 is 1. The Balaban J connectivity index is 2.95. The number of ether oxygens (including phenoxy) is 1. The highest BCUT2D eigenvalue weighted by Crippen LogP contribution is 2.14. The van der Waals surface area contributed by atoms with Gasteiger partial charge in [0.15, 0.2) is 0 Å². The van der Waals surface area contributed by atoms with Crippen molar-refractivity contribution >= 4 is 23.5 Å². The van der Waals surface area contributed by atoms with Crippen LogP contribution in [-0.2, 0) is 14.3 Å². The molecule has 0 radical (unpaired) electrons. The minimum Gasteiger partial charge on any atom is -0.462 e. The number of benzene rings is 1. The van der Waals surface area contributed by atoms with Gasteiger partial charge in [0.1, 0.15) is 0 Å². The molecular weight excluding hydrogens is 226 g/mol. The number of esters is 1. The molecule has 4 N–H and O–H groups in total. The standard InChI is InChI=1S/C10H11N3O4/c1-17-10(16)9(15)12-7-5-3-2-4-6(7)8(14)13-11/h2-5H,11H2,1H3,(H,12,15)(H,13,14). The summed E-state index contributed by atoms with van der Waals surface area (Å²) in [5, 5.41) is 2.25. The van der Waals surface area contributed by atoms with E-state index in [0.717, 1.165) is 7.11 Å². The molecule has 0 aliphatic rings. The maximum absolute atomic E-state index is 11.4. The molecule has 2 amide bonds. The van der Waals surface area contributed by atoms with E-state index < -0.39 is 17.8 Å². The zero-order valence-corrected chi connectivity index (χ0v) is 9.02. The first kappa shape index (κ1) is 12.7.